The molecule has 0 amide bonds. The second-order valence-corrected chi connectivity index (χ2v) is 7.36. The highest BCUT2D eigenvalue weighted by atomic mass is 16.5. The maximum absolute atomic E-state index is 6.04. The van der Waals surface area contributed by atoms with E-state index >= 15 is 0 Å². The van der Waals surface area contributed by atoms with E-state index in [1.54, 1.807) is 12.4 Å². The summed E-state index contributed by atoms with van der Waals surface area (Å²) < 4.78 is 13.4. The van der Waals surface area contributed by atoms with Crippen LogP contribution in [0, 0.1) is 5.92 Å². The quantitative estimate of drug-likeness (QED) is 0.785. The molecule has 0 saturated carbocycles. The Morgan fingerprint density at radius 2 is 2.04 bits per heavy atom. The minimum absolute atomic E-state index is 0.306. The average Bonchev–Trinajstić information content (AvgIpc) is 3.04. The van der Waals surface area contributed by atoms with Gasteiger partial charge in [0.25, 0.3) is 0 Å². The average molecular weight is 357 g/mol. The Kier molecular flexibility index (Phi) is 5.57. The van der Waals surface area contributed by atoms with E-state index in [-0.39, 0.29) is 0 Å². The zero-order chi connectivity index (χ0) is 17.8. The SMILES string of the molecule is Cn1nnc2c1C(COCc1ccncc1)CN(CC1CCOCC1)C2. The lowest BCUT2D eigenvalue weighted by atomic mass is 9.95. The Bertz CT molecular complexity index is 699. The molecule has 4 rings (SSSR count). The third-order valence-corrected chi connectivity index (χ3v) is 5.38. The van der Waals surface area contributed by atoms with Crippen LogP contribution in [0.2, 0.25) is 0 Å². The van der Waals surface area contributed by atoms with Gasteiger partial charge in [-0.2, -0.15) is 0 Å². The van der Waals surface area contributed by atoms with Crippen LogP contribution in [0.5, 0.6) is 0 Å². The lowest BCUT2D eigenvalue weighted by Crippen LogP contribution is -2.40. The minimum atomic E-state index is 0.306. The van der Waals surface area contributed by atoms with E-state index < -0.39 is 0 Å². The third kappa shape index (κ3) is 4.11. The van der Waals surface area contributed by atoms with Crippen molar-refractivity contribution in [3.63, 3.8) is 0 Å². The molecule has 2 aromatic heterocycles. The highest BCUT2D eigenvalue weighted by Crippen LogP contribution is 2.28. The van der Waals surface area contributed by atoms with Gasteiger partial charge in [-0.25, -0.2) is 0 Å². The first-order valence-corrected chi connectivity index (χ1v) is 9.45. The fourth-order valence-corrected chi connectivity index (χ4v) is 4.06. The van der Waals surface area contributed by atoms with Gasteiger partial charge in [-0.05, 0) is 36.5 Å². The predicted octanol–water partition coefficient (Wildman–Crippen LogP) is 1.75. The summed E-state index contributed by atoms with van der Waals surface area (Å²) in [5, 5.41) is 8.65. The van der Waals surface area contributed by atoms with E-state index in [9.17, 15) is 0 Å². The van der Waals surface area contributed by atoms with Gasteiger partial charge < -0.3 is 9.47 Å². The number of nitrogens with zero attached hydrogens (tertiary/aromatic N) is 5. The van der Waals surface area contributed by atoms with Crippen LogP contribution in [0.15, 0.2) is 24.5 Å². The molecule has 2 aliphatic heterocycles. The molecule has 1 saturated heterocycles. The number of rotatable bonds is 6. The normalized spacial score (nSPS) is 21.7. The van der Waals surface area contributed by atoms with Gasteiger partial charge >= 0.3 is 0 Å². The minimum Gasteiger partial charge on any atom is -0.381 e. The van der Waals surface area contributed by atoms with Crippen molar-refractivity contribution in [3.8, 4) is 0 Å². The number of fused-ring (bicyclic) bond motifs is 1. The Balaban J connectivity index is 1.39. The van der Waals surface area contributed by atoms with Gasteiger partial charge in [-0.1, -0.05) is 5.21 Å². The summed E-state index contributed by atoms with van der Waals surface area (Å²) in [6, 6.07) is 3.99. The van der Waals surface area contributed by atoms with Crippen LogP contribution in [-0.4, -0.2) is 57.8 Å². The number of aryl methyl sites for hydroxylation is 1. The fraction of sp³-hybridized carbons (Fsp3) is 0.632. The fourth-order valence-electron chi connectivity index (χ4n) is 4.06. The van der Waals surface area contributed by atoms with Crippen LogP contribution >= 0.6 is 0 Å². The van der Waals surface area contributed by atoms with Crippen molar-refractivity contribution in [3.05, 3.63) is 41.5 Å². The number of ether oxygens (including phenoxy) is 2. The smallest absolute Gasteiger partial charge is 0.100 e. The molecule has 7 heteroatoms. The highest BCUT2D eigenvalue weighted by molar-refractivity contribution is 5.19. The molecule has 0 radical (unpaired) electrons. The number of pyridine rings is 1. The summed E-state index contributed by atoms with van der Waals surface area (Å²) in [6.45, 7) is 6.09. The van der Waals surface area contributed by atoms with Gasteiger partial charge in [0.15, 0.2) is 0 Å². The first kappa shape index (κ1) is 17.6. The second-order valence-electron chi connectivity index (χ2n) is 7.36. The van der Waals surface area contributed by atoms with Crippen molar-refractivity contribution < 1.29 is 9.47 Å². The van der Waals surface area contributed by atoms with E-state index in [1.165, 1.54) is 5.69 Å². The molecular formula is C19H27N5O2. The first-order chi connectivity index (χ1) is 12.8. The van der Waals surface area contributed by atoms with Crippen LogP contribution in [0.4, 0.5) is 0 Å². The Morgan fingerprint density at radius 1 is 1.23 bits per heavy atom. The van der Waals surface area contributed by atoms with E-state index in [2.05, 4.69) is 20.2 Å². The molecule has 7 nitrogen and oxygen atoms in total. The standard InChI is InChI=1S/C19H27N5O2/c1-23-19-17(14-26-13-16-2-6-20-7-3-16)11-24(12-18(19)21-22-23)10-15-4-8-25-9-5-15/h2-3,6-7,15,17H,4-5,8-14H2,1H3. The van der Waals surface area contributed by atoms with Gasteiger partial charge in [0.05, 0.1) is 18.9 Å². The monoisotopic (exact) mass is 357 g/mol. The lowest BCUT2D eigenvalue weighted by Gasteiger charge is -2.35. The largest absolute Gasteiger partial charge is 0.381 e. The maximum atomic E-state index is 6.04. The molecule has 1 fully saturated rings. The Morgan fingerprint density at radius 3 is 2.85 bits per heavy atom. The third-order valence-electron chi connectivity index (χ3n) is 5.38. The topological polar surface area (TPSA) is 65.3 Å². The molecule has 0 N–H and O–H groups in total. The molecule has 26 heavy (non-hydrogen) atoms. The molecule has 140 valence electrons. The molecule has 1 unspecified atom stereocenters. The first-order valence-electron chi connectivity index (χ1n) is 9.45. The van der Waals surface area contributed by atoms with Crippen LogP contribution in [0.3, 0.4) is 0 Å². The summed E-state index contributed by atoms with van der Waals surface area (Å²) >= 11 is 0. The summed E-state index contributed by atoms with van der Waals surface area (Å²) in [7, 11) is 1.98. The summed E-state index contributed by atoms with van der Waals surface area (Å²) in [4.78, 5) is 6.57. The van der Waals surface area contributed by atoms with Crippen LogP contribution in [0.25, 0.3) is 0 Å². The van der Waals surface area contributed by atoms with Crippen LogP contribution < -0.4 is 0 Å². The predicted molar refractivity (Wildman–Crippen MR) is 96.5 cm³/mol. The van der Waals surface area contributed by atoms with E-state index in [0.29, 0.717) is 19.1 Å². The molecular weight excluding hydrogens is 330 g/mol. The summed E-state index contributed by atoms with van der Waals surface area (Å²) in [5.41, 5.74) is 3.48. The van der Waals surface area contributed by atoms with Crippen molar-refractivity contribution in [1.29, 1.82) is 0 Å². The molecule has 4 heterocycles. The highest BCUT2D eigenvalue weighted by Gasteiger charge is 2.31. The number of aromatic nitrogens is 4. The Hall–Kier alpha value is -1.83. The molecule has 1 atom stereocenters. The number of hydrogen-bond donors (Lipinski definition) is 0. The molecule has 0 bridgehead atoms. The Labute approximate surface area is 154 Å². The van der Waals surface area contributed by atoms with Crippen molar-refractivity contribution in [2.45, 2.75) is 31.9 Å². The second kappa shape index (κ2) is 8.24. The van der Waals surface area contributed by atoms with Crippen molar-refractivity contribution in [1.82, 2.24) is 24.9 Å². The van der Waals surface area contributed by atoms with Crippen LogP contribution in [0.1, 0.15) is 35.7 Å². The van der Waals surface area contributed by atoms with E-state index in [0.717, 1.165) is 62.9 Å². The number of hydrogen-bond acceptors (Lipinski definition) is 6. The van der Waals surface area contributed by atoms with Gasteiger partial charge in [0.2, 0.25) is 0 Å². The zero-order valence-electron chi connectivity index (χ0n) is 15.4. The molecule has 0 aliphatic carbocycles. The van der Waals surface area contributed by atoms with Crippen LogP contribution in [-0.2, 0) is 29.7 Å². The van der Waals surface area contributed by atoms with Gasteiger partial charge in [-0.3, -0.25) is 14.6 Å². The van der Waals surface area contributed by atoms with E-state index in [4.69, 9.17) is 9.47 Å². The molecule has 2 aliphatic rings. The molecule has 0 spiro atoms. The summed E-state index contributed by atoms with van der Waals surface area (Å²) in [6.07, 6.45) is 5.93. The lowest BCUT2D eigenvalue weighted by molar-refractivity contribution is 0.0417. The van der Waals surface area contributed by atoms with Crippen molar-refractivity contribution in [2.24, 2.45) is 13.0 Å². The summed E-state index contributed by atoms with van der Waals surface area (Å²) in [5.74, 6) is 1.03. The van der Waals surface area contributed by atoms with Crippen molar-refractivity contribution >= 4 is 0 Å². The van der Waals surface area contributed by atoms with Gasteiger partial charge in [0.1, 0.15) is 5.69 Å². The van der Waals surface area contributed by atoms with Crippen molar-refractivity contribution in [2.75, 3.05) is 32.9 Å². The van der Waals surface area contributed by atoms with Gasteiger partial charge in [0, 0.05) is 58.2 Å². The zero-order valence-corrected chi connectivity index (χ0v) is 15.4. The van der Waals surface area contributed by atoms with E-state index in [1.807, 2.05) is 23.9 Å². The molecule has 0 aromatic carbocycles. The molecule has 2 aromatic rings. The van der Waals surface area contributed by atoms with Gasteiger partial charge in [-0.15, -0.1) is 5.10 Å². The maximum Gasteiger partial charge on any atom is 0.100 e.